The van der Waals surface area contributed by atoms with Crippen LogP contribution in [0, 0.1) is 6.92 Å². The predicted molar refractivity (Wildman–Crippen MR) is 126 cm³/mol. The molecule has 0 saturated carbocycles. The molecule has 0 aliphatic carbocycles. The first kappa shape index (κ1) is 24.9. The highest BCUT2D eigenvalue weighted by Gasteiger charge is 2.31. The first-order valence-electron chi connectivity index (χ1n) is 9.86. The Morgan fingerprint density at radius 3 is 2.29 bits per heavy atom. The predicted octanol–water partition coefficient (Wildman–Crippen LogP) is 3.08. The second-order valence-corrected chi connectivity index (χ2v) is 10.1. The Bertz CT molecular complexity index is 1030. The van der Waals surface area contributed by atoms with Crippen LogP contribution in [0.3, 0.4) is 0 Å². The van der Waals surface area contributed by atoms with Crippen molar-refractivity contribution in [1.29, 1.82) is 0 Å². The van der Waals surface area contributed by atoms with Gasteiger partial charge in [0.1, 0.15) is 12.6 Å². The average molecular weight is 510 g/mol. The molecule has 0 unspecified atom stereocenters. The van der Waals surface area contributed by atoms with E-state index in [0.717, 1.165) is 26.2 Å². The SMILES string of the molecule is CC[C@H](C(=O)NC)N(Cc1cccc(C)c1)C(=O)CN(c1ccc(Br)cc1)S(C)(=O)=O. The van der Waals surface area contributed by atoms with Crippen LogP contribution in [0.2, 0.25) is 0 Å². The Labute approximate surface area is 192 Å². The van der Waals surface area contributed by atoms with E-state index in [-0.39, 0.29) is 12.5 Å². The lowest BCUT2D eigenvalue weighted by atomic mass is 10.1. The van der Waals surface area contributed by atoms with E-state index in [4.69, 9.17) is 0 Å². The summed E-state index contributed by atoms with van der Waals surface area (Å²) in [6, 6.07) is 13.6. The quantitative estimate of drug-likeness (QED) is 0.562. The van der Waals surface area contributed by atoms with Crippen LogP contribution in [0.25, 0.3) is 0 Å². The van der Waals surface area contributed by atoms with Crippen LogP contribution >= 0.6 is 15.9 Å². The number of sulfonamides is 1. The summed E-state index contributed by atoms with van der Waals surface area (Å²) in [7, 11) is -2.21. The van der Waals surface area contributed by atoms with Gasteiger partial charge >= 0.3 is 0 Å². The maximum Gasteiger partial charge on any atom is 0.244 e. The van der Waals surface area contributed by atoms with Crippen molar-refractivity contribution in [3.8, 4) is 0 Å². The number of nitrogens with zero attached hydrogens (tertiary/aromatic N) is 2. The fraction of sp³-hybridized carbons (Fsp3) is 0.364. The summed E-state index contributed by atoms with van der Waals surface area (Å²) in [5.74, 6) is -0.747. The fourth-order valence-electron chi connectivity index (χ4n) is 3.31. The van der Waals surface area contributed by atoms with Gasteiger partial charge in [-0.1, -0.05) is 52.7 Å². The van der Waals surface area contributed by atoms with Crippen molar-refractivity contribution in [2.24, 2.45) is 0 Å². The lowest BCUT2D eigenvalue weighted by Crippen LogP contribution is -2.51. The van der Waals surface area contributed by atoms with Crippen LogP contribution < -0.4 is 9.62 Å². The maximum atomic E-state index is 13.4. The number of hydrogen-bond acceptors (Lipinski definition) is 4. The van der Waals surface area contributed by atoms with Crippen molar-refractivity contribution in [3.63, 3.8) is 0 Å². The molecule has 2 aromatic carbocycles. The van der Waals surface area contributed by atoms with Crippen LogP contribution in [-0.4, -0.2) is 51.0 Å². The van der Waals surface area contributed by atoms with E-state index in [0.29, 0.717) is 12.1 Å². The van der Waals surface area contributed by atoms with E-state index in [1.807, 2.05) is 38.1 Å². The molecule has 0 heterocycles. The number of benzene rings is 2. The normalized spacial score (nSPS) is 12.2. The highest BCUT2D eigenvalue weighted by Crippen LogP contribution is 2.22. The lowest BCUT2D eigenvalue weighted by molar-refractivity contribution is -0.140. The number of likely N-dealkylation sites (N-methyl/N-ethyl adjacent to an activating group) is 1. The van der Waals surface area contributed by atoms with Gasteiger partial charge in [-0.15, -0.1) is 0 Å². The highest BCUT2D eigenvalue weighted by atomic mass is 79.9. The van der Waals surface area contributed by atoms with E-state index in [1.165, 1.54) is 11.9 Å². The molecule has 0 fully saturated rings. The molecule has 1 N–H and O–H groups in total. The van der Waals surface area contributed by atoms with Gasteiger partial charge in [-0.25, -0.2) is 8.42 Å². The van der Waals surface area contributed by atoms with E-state index in [1.54, 1.807) is 24.3 Å². The van der Waals surface area contributed by atoms with Gasteiger partial charge < -0.3 is 10.2 Å². The van der Waals surface area contributed by atoms with Gasteiger partial charge in [-0.3, -0.25) is 13.9 Å². The topological polar surface area (TPSA) is 86.8 Å². The van der Waals surface area contributed by atoms with Crippen molar-refractivity contribution >= 4 is 43.5 Å². The van der Waals surface area contributed by atoms with Gasteiger partial charge in [-0.2, -0.15) is 0 Å². The molecule has 2 aromatic rings. The Morgan fingerprint density at radius 1 is 1.13 bits per heavy atom. The Balaban J connectivity index is 2.41. The standard InChI is InChI=1S/C22H28BrN3O4S/c1-5-20(22(28)24-3)25(14-17-8-6-7-16(2)13-17)21(27)15-26(31(4,29)30)19-11-9-18(23)10-12-19/h6-13,20H,5,14-15H2,1-4H3,(H,24,28)/t20-/m1/s1. The molecule has 2 rings (SSSR count). The molecule has 0 radical (unpaired) electrons. The Kier molecular flexibility index (Phi) is 8.64. The minimum absolute atomic E-state index is 0.199. The fourth-order valence-corrected chi connectivity index (χ4v) is 4.43. The molecule has 31 heavy (non-hydrogen) atoms. The molecule has 0 bridgehead atoms. The zero-order valence-corrected chi connectivity index (χ0v) is 20.5. The maximum absolute atomic E-state index is 13.4. The van der Waals surface area contributed by atoms with Crippen LogP contribution in [0.1, 0.15) is 24.5 Å². The molecule has 0 aromatic heterocycles. The summed E-state index contributed by atoms with van der Waals surface area (Å²) in [6.45, 7) is 3.56. The first-order chi connectivity index (χ1) is 14.6. The number of amides is 2. The van der Waals surface area contributed by atoms with Crippen LogP contribution in [0.4, 0.5) is 5.69 Å². The van der Waals surface area contributed by atoms with Crippen molar-refractivity contribution in [1.82, 2.24) is 10.2 Å². The zero-order valence-electron chi connectivity index (χ0n) is 18.1. The third kappa shape index (κ3) is 6.80. The summed E-state index contributed by atoms with van der Waals surface area (Å²) in [5.41, 5.74) is 2.28. The Morgan fingerprint density at radius 2 is 1.77 bits per heavy atom. The third-order valence-corrected chi connectivity index (χ3v) is 6.53. The zero-order chi connectivity index (χ0) is 23.2. The number of hydrogen-bond donors (Lipinski definition) is 1. The summed E-state index contributed by atoms with van der Waals surface area (Å²) < 4.78 is 26.8. The van der Waals surface area contributed by atoms with Crippen LogP contribution in [-0.2, 0) is 26.2 Å². The summed E-state index contributed by atoms with van der Waals surface area (Å²) in [6.07, 6.45) is 1.46. The van der Waals surface area contributed by atoms with Gasteiger partial charge in [0.15, 0.2) is 0 Å². The van der Waals surface area contributed by atoms with E-state index >= 15 is 0 Å². The van der Waals surface area contributed by atoms with Gasteiger partial charge in [-0.05, 0) is 43.2 Å². The number of carbonyl (C=O) groups excluding carboxylic acids is 2. The van der Waals surface area contributed by atoms with Crippen LogP contribution in [0.5, 0.6) is 0 Å². The van der Waals surface area contributed by atoms with Gasteiger partial charge in [0.25, 0.3) is 0 Å². The van der Waals surface area contributed by atoms with Gasteiger partial charge in [0, 0.05) is 18.1 Å². The summed E-state index contributed by atoms with van der Waals surface area (Å²) in [5, 5.41) is 2.60. The number of carbonyl (C=O) groups is 2. The number of nitrogens with one attached hydrogen (secondary N) is 1. The number of anilines is 1. The number of halogens is 1. The third-order valence-electron chi connectivity index (χ3n) is 4.86. The van der Waals surface area contributed by atoms with E-state index in [2.05, 4.69) is 21.2 Å². The minimum atomic E-state index is -3.73. The van der Waals surface area contributed by atoms with Crippen molar-refractivity contribution in [2.75, 3.05) is 24.2 Å². The van der Waals surface area contributed by atoms with Gasteiger partial charge in [0.2, 0.25) is 21.8 Å². The smallest absolute Gasteiger partial charge is 0.244 e. The van der Waals surface area contributed by atoms with Crippen LogP contribution in [0.15, 0.2) is 53.0 Å². The van der Waals surface area contributed by atoms with Crippen molar-refractivity contribution in [3.05, 3.63) is 64.1 Å². The Hall–Kier alpha value is -2.39. The lowest BCUT2D eigenvalue weighted by Gasteiger charge is -2.32. The second-order valence-electron chi connectivity index (χ2n) is 7.30. The number of rotatable bonds is 9. The molecule has 0 aliphatic rings. The molecule has 9 heteroatoms. The molecular formula is C22H28BrN3O4S. The largest absolute Gasteiger partial charge is 0.357 e. The monoisotopic (exact) mass is 509 g/mol. The molecular weight excluding hydrogens is 482 g/mol. The molecule has 0 aliphatic heterocycles. The second kappa shape index (κ2) is 10.8. The summed E-state index contributed by atoms with van der Waals surface area (Å²) >= 11 is 3.33. The first-order valence-corrected chi connectivity index (χ1v) is 12.5. The molecule has 1 atom stereocenters. The summed E-state index contributed by atoms with van der Waals surface area (Å²) in [4.78, 5) is 27.3. The molecule has 168 valence electrons. The van der Waals surface area contributed by atoms with Crippen molar-refractivity contribution in [2.45, 2.75) is 32.9 Å². The number of aryl methyl sites for hydroxylation is 1. The molecule has 0 spiro atoms. The molecule has 2 amide bonds. The minimum Gasteiger partial charge on any atom is -0.357 e. The van der Waals surface area contributed by atoms with Gasteiger partial charge in [0.05, 0.1) is 11.9 Å². The van der Waals surface area contributed by atoms with E-state index in [9.17, 15) is 18.0 Å². The highest BCUT2D eigenvalue weighted by molar-refractivity contribution is 9.10. The molecule has 0 saturated heterocycles. The average Bonchev–Trinajstić information content (AvgIpc) is 2.71. The van der Waals surface area contributed by atoms with Crippen molar-refractivity contribution < 1.29 is 18.0 Å². The van der Waals surface area contributed by atoms with E-state index < -0.39 is 28.5 Å². The molecule has 7 nitrogen and oxygen atoms in total.